The normalized spacial score (nSPS) is 56.3. The minimum absolute atomic E-state index is 0.217. The van der Waals surface area contributed by atoms with Crippen molar-refractivity contribution in [3.8, 4) is 0 Å². The van der Waals surface area contributed by atoms with Crippen molar-refractivity contribution in [1.29, 1.82) is 0 Å². The van der Waals surface area contributed by atoms with Gasteiger partial charge in [-0.1, -0.05) is 19.9 Å². The first-order valence-corrected chi connectivity index (χ1v) is 6.77. The Morgan fingerprint density at radius 1 is 1.12 bits per heavy atom. The largest absolute Gasteiger partial charge is 0.324 e. The minimum atomic E-state index is 0.217. The highest BCUT2D eigenvalue weighted by Crippen LogP contribution is 2.70. The molecule has 4 saturated carbocycles. The van der Waals surface area contributed by atoms with Crippen molar-refractivity contribution in [2.24, 2.45) is 27.9 Å². The molecule has 1 heteroatoms. The van der Waals surface area contributed by atoms with Gasteiger partial charge in [0.2, 0.25) is 0 Å². The molecule has 4 fully saturated rings. The van der Waals surface area contributed by atoms with Gasteiger partial charge in [-0.25, -0.2) is 0 Å². The number of rotatable bonds is 2. The monoisotopic (exact) mass is 219 g/mol. The Morgan fingerprint density at radius 2 is 1.69 bits per heavy atom. The lowest BCUT2D eigenvalue weighted by molar-refractivity contribution is -0.148. The van der Waals surface area contributed by atoms with Crippen molar-refractivity contribution < 1.29 is 0 Å². The van der Waals surface area contributed by atoms with Crippen LogP contribution in [0.2, 0.25) is 0 Å². The summed E-state index contributed by atoms with van der Waals surface area (Å²) in [5.74, 6) is 0.942. The Morgan fingerprint density at radius 3 is 2.12 bits per heavy atom. The van der Waals surface area contributed by atoms with Gasteiger partial charge in [-0.15, -0.1) is 6.58 Å². The van der Waals surface area contributed by atoms with E-state index in [1.807, 2.05) is 6.08 Å². The first kappa shape index (κ1) is 10.8. The number of hydrogen-bond acceptors (Lipinski definition) is 1. The predicted octanol–water partition coefficient (Wildman–Crippen LogP) is 3.50. The smallest absolute Gasteiger partial charge is 0.0279 e. The molecule has 0 aliphatic heterocycles. The van der Waals surface area contributed by atoms with E-state index in [9.17, 15) is 0 Å². The molecule has 1 nitrogen and oxygen atoms in total. The first-order chi connectivity index (χ1) is 7.39. The lowest BCUT2D eigenvalue weighted by Crippen LogP contribution is -2.60. The van der Waals surface area contributed by atoms with Crippen LogP contribution in [0.1, 0.15) is 52.4 Å². The van der Waals surface area contributed by atoms with Crippen LogP contribution in [0.25, 0.3) is 0 Å². The van der Waals surface area contributed by atoms with Gasteiger partial charge >= 0.3 is 0 Å². The van der Waals surface area contributed by atoms with Crippen LogP contribution in [-0.2, 0) is 0 Å². The van der Waals surface area contributed by atoms with E-state index in [-0.39, 0.29) is 6.04 Å². The fraction of sp³-hybridized carbons (Fsp3) is 0.867. The van der Waals surface area contributed by atoms with Gasteiger partial charge in [-0.2, -0.15) is 0 Å². The second kappa shape index (κ2) is 2.93. The van der Waals surface area contributed by atoms with E-state index < -0.39 is 0 Å². The summed E-state index contributed by atoms with van der Waals surface area (Å²) in [6, 6.07) is 0.217. The molecule has 0 aromatic heterocycles. The second-order valence-electron chi connectivity index (χ2n) is 7.75. The zero-order valence-corrected chi connectivity index (χ0v) is 10.8. The summed E-state index contributed by atoms with van der Waals surface area (Å²) in [7, 11) is 0. The van der Waals surface area contributed by atoms with Crippen molar-refractivity contribution in [3.05, 3.63) is 12.7 Å². The van der Waals surface area contributed by atoms with Crippen LogP contribution < -0.4 is 5.73 Å². The van der Waals surface area contributed by atoms with Gasteiger partial charge in [0.25, 0.3) is 0 Å². The number of nitrogens with two attached hydrogens (primary N) is 1. The lowest BCUT2D eigenvalue weighted by Gasteiger charge is -2.66. The van der Waals surface area contributed by atoms with Crippen molar-refractivity contribution >= 4 is 0 Å². The fourth-order valence-corrected chi connectivity index (χ4v) is 6.16. The Labute approximate surface area is 99.5 Å². The van der Waals surface area contributed by atoms with Gasteiger partial charge in [0.15, 0.2) is 0 Å². The molecule has 3 atom stereocenters. The SMILES string of the molecule is C=CC(N)C12CC3CC(C)(CC(C)(C3)C1)C2. The van der Waals surface area contributed by atoms with E-state index in [0.717, 1.165) is 5.92 Å². The topological polar surface area (TPSA) is 26.0 Å². The van der Waals surface area contributed by atoms with Crippen molar-refractivity contribution in [1.82, 2.24) is 0 Å². The van der Waals surface area contributed by atoms with Crippen LogP contribution in [0, 0.1) is 22.2 Å². The van der Waals surface area contributed by atoms with Crippen LogP contribution in [0.15, 0.2) is 12.7 Å². The molecule has 3 unspecified atom stereocenters. The van der Waals surface area contributed by atoms with E-state index >= 15 is 0 Å². The second-order valence-corrected chi connectivity index (χ2v) is 7.75. The van der Waals surface area contributed by atoms with Crippen molar-refractivity contribution in [2.75, 3.05) is 0 Å². The summed E-state index contributed by atoms with van der Waals surface area (Å²) in [6.07, 6.45) is 10.4. The summed E-state index contributed by atoms with van der Waals surface area (Å²) in [5.41, 5.74) is 7.92. The molecule has 4 aliphatic carbocycles. The fourth-order valence-electron chi connectivity index (χ4n) is 6.16. The third kappa shape index (κ3) is 1.33. The summed E-state index contributed by atoms with van der Waals surface area (Å²) >= 11 is 0. The molecular weight excluding hydrogens is 194 g/mol. The van der Waals surface area contributed by atoms with E-state index in [0.29, 0.717) is 16.2 Å². The number of hydrogen-bond donors (Lipinski definition) is 1. The summed E-state index contributed by atoms with van der Waals surface area (Å²) in [4.78, 5) is 0. The lowest BCUT2D eigenvalue weighted by atomic mass is 9.39. The maximum atomic E-state index is 6.37. The quantitative estimate of drug-likeness (QED) is 0.707. The van der Waals surface area contributed by atoms with E-state index in [1.54, 1.807) is 0 Å². The summed E-state index contributed by atoms with van der Waals surface area (Å²) in [5, 5.41) is 0. The Kier molecular flexibility index (Phi) is 1.98. The predicted molar refractivity (Wildman–Crippen MR) is 68.0 cm³/mol. The van der Waals surface area contributed by atoms with Crippen LogP contribution in [0.3, 0.4) is 0 Å². The zero-order valence-electron chi connectivity index (χ0n) is 10.8. The maximum absolute atomic E-state index is 6.37. The molecule has 16 heavy (non-hydrogen) atoms. The van der Waals surface area contributed by atoms with Crippen LogP contribution in [0.4, 0.5) is 0 Å². The Hall–Kier alpha value is -0.300. The van der Waals surface area contributed by atoms with E-state index in [2.05, 4.69) is 20.4 Å². The van der Waals surface area contributed by atoms with Crippen LogP contribution >= 0.6 is 0 Å². The first-order valence-electron chi connectivity index (χ1n) is 6.77. The van der Waals surface area contributed by atoms with Crippen LogP contribution in [-0.4, -0.2) is 6.04 Å². The molecular formula is C15H25N. The third-order valence-corrected chi connectivity index (χ3v) is 5.63. The minimum Gasteiger partial charge on any atom is -0.324 e. The average Bonchev–Trinajstić information content (AvgIpc) is 2.10. The Balaban J connectivity index is 2.01. The van der Waals surface area contributed by atoms with E-state index in [4.69, 9.17) is 5.73 Å². The van der Waals surface area contributed by atoms with Gasteiger partial charge in [-0.3, -0.25) is 0 Å². The maximum Gasteiger partial charge on any atom is 0.0279 e. The third-order valence-electron chi connectivity index (χ3n) is 5.63. The molecule has 4 rings (SSSR count). The summed E-state index contributed by atoms with van der Waals surface area (Å²) in [6.45, 7) is 8.94. The van der Waals surface area contributed by atoms with Gasteiger partial charge in [0, 0.05) is 6.04 Å². The van der Waals surface area contributed by atoms with E-state index in [1.165, 1.54) is 38.5 Å². The molecule has 0 heterocycles. The molecule has 90 valence electrons. The van der Waals surface area contributed by atoms with Crippen molar-refractivity contribution in [2.45, 2.75) is 58.4 Å². The molecule has 0 aromatic rings. The van der Waals surface area contributed by atoms with Gasteiger partial charge in [0.1, 0.15) is 0 Å². The highest BCUT2D eigenvalue weighted by Gasteiger charge is 2.61. The average molecular weight is 219 g/mol. The molecule has 0 amide bonds. The molecule has 0 saturated heterocycles. The Bertz CT molecular complexity index is 314. The van der Waals surface area contributed by atoms with Crippen LogP contribution in [0.5, 0.6) is 0 Å². The molecule has 2 N–H and O–H groups in total. The molecule has 4 bridgehead atoms. The summed E-state index contributed by atoms with van der Waals surface area (Å²) < 4.78 is 0. The molecule has 4 aliphatic rings. The zero-order chi connectivity index (χ0) is 11.6. The standard InChI is InChI=1S/C15H25N/c1-4-12(16)15-7-11-5-13(2,9-15)8-14(3,6-11)10-15/h4,11-12H,1,5-10,16H2,2-3H3. The van der Waals surface area contributed by atoms with Gasteiger partial charge in [0.05, 0.1) is 0 Å². The van der Waals surface area contributed by atoms with Gasteiger partial charge in [-0.05, 0) is 60.7 Å². The molecule has 0 aromatic carbocycles. The van der Waals surface area contributed by atoms with Crippen molar-refractivity contribution in [3.63, 3.8) is 0 Å². The highest BCUT2D eigenvalue weighted by molar-refractivity contribution is 5.15. The van der Waals surface area contributed by atoms with Gasteiger partial charge < -0.3 is 5.73 Å². The highest BCUT2D eigenvalue weighted by atomic mass is 14.8. The molecule has 0 radical (unpaired) electrons. The molecule has 0 spiro atoms.